The molecule has 1 aliphatic rings. The monoisotopic (exact) mass is 328 g/mol. The molecule has 1 aliphatic heterocycles. The summed E-state index contributed by atoms with van der Waals surface area (Å²) in [6.45, 7) is 4.06. The number of nitrogens with one attached hydrogen (secondary N) is 2. The van der Waals surface area contributed by atoms with Gasteiger partial charge >= 0.3 is 0 Å². The van der Waals surface area contributed by atoms with Crippen molar-refractivity contribution in [3.63, 3.8) is 0 Å². The van der Waals surface area contributed by atoms with Crippen LogP contribution < -0.4 is 10.6 Å². The van der Waals surface area contributed by atoms with E-state index >= 15 is 0 Å². The average molecular weight is 329 g/mol. The van der Waals surface area contributed by atoms with Crippen molar-refractivity contribution in [2.75, 3.05) is 13.1 Å². The molecule has 22 heavy (non-hydrogen) atoms. The highest BCUT2D eigenvalue weighted by Crippen LogP contribution is 2.17. The summed E-state index contributed by atoms with van der Waals surface area (Å²) in [5.74, 6) is 0.546. The van der Waals surface area contributed by atoms with Gasteiger partial charge in [0.05, 0.1) is 0 Å². The van der Waals surface area contributed by atoms with E-state index in [0.29, 0.717) is 24.3 Å². The van der Waals surface area contributed by atoms with E-state index in [1.165, 1.54) is 6.07 Å². The minimum absolute atomic E-state index is 0. The van der Waals surface area contributed by atoms with Crippen LogP contribution in [0.2, 0.25) is 0 Å². The smallest absolute Gasteiger partial charge is 0.220 e. The summed E-state index contributed by atoms with van der Waals surface area (Å²) in [5, 5.41) is 6.31. The molecule has 1 aromatic rings. The molecule has 2 rings (SSSR count). The predicted molar refractivity (Wildman–Crippen MR) is 89.8 cm³/mol. The van der Waals surface area contributed by atoms with E-state index in [1.807, 2.05) is 13.0 Å². The largest absolute Gasteiger partial charge is 0.353 e. The molecule has 0 saturated carbocycles. The Hall–Kier alpha value is -1.13. The highest BCUT2D eigenvalue weighted by atomic mass is 35.5. The molecular formula is C17H26ClFN2O. The summed E-state index contributed by atoms with van der Waals surface area (Å²) < 4.78 is 13.6. The number of carbonyl (C=O) groups excluding carboxylic acids is 1. The minimum atomic E-state index is -0.201. The van der Waals surface area contributed by atoms with Crippen molar-refractivity contribution in [1.29, 1.82) is 0 Å². The first-order valence-electron chi connectivity index (χ1n) is 7.88. The van der Waals surface area contributed by atoms with Crippen molar-refractivity contribution in [2.24, 2.45) is 5.92 Å². The van der Waals surface area contributed by atoms with Crippen molar-refractivity contribution < 1.29 is 9.18 Å². The summed E-state index contributed by atoms with van der Waals surface area (Å²) in [6.07, 6.45) is 4.40. The van der Waals surface area contributed by atoms with Crippen molar-refractivity contribution in [3.05, 3.63) is 35.6 Å². The first-order valence-corrected chi connectivity index (χ1v) is 7.88. The Morgan fingerprint density at radius 2 is 2.05 bits per heavy atom. The van der Waals surface area contributed by atoms with Gasteiger partial charge in [-0.1, -0.05) is 18.2 Å². The molecule has 1 saturated heterocycles. The van der Waals surface area contributed by atoms with Crippen LogP contribution in [0.15, 0.2) is 24.3 Å². The third-order valence-electron chi connectivity index (χ3n) is 4.13. The molecule has 1 amide bonds. The van der Waals surface area contributed by atoms with E-state index in [2.05, 4.69) is 10.6 Å². The quantitative estimate of drug-likeness (QED) is 0.842. The number of rotatable bonds is 6. The zero-order chi connectivity index (χ0) is 15.1. The number of carbonyl (C=O) groups is 1. The predicted octanol–water partition coefficient (Wildman–Crippen LogP) is 3.07. The molecule has 124 valence electrons. The first-order chi connectivity index (χ1) is 10.1. The van der Waals surface area contributed by atoms with Gasteiger partial charge in [-0.3, -0.25) is 4.79 Å². The molecule has 1 unspecified atom stereocenters. The fourth-order valence-electron chi connectivity index (χ4n) is 2.90. The average Bonchev–Trinajstić information content (AvgIpc) is 2.48. The molecule has 0 aromatic heterocycles. The lowest BCUT2D eigenvalue weighted by molar-refractivity contribution is -0.122. The number of amides is 1. The highest BCUT2D eigenvalue weighted by molar-refractivity contribution is 5.85. The van der Waals surface area contributed by atoms with Gasteiger partial charge in [-0.25, -0.2) is 4.39 Å². The van der Waals surface area contributed by atoms with Gasteiger partial charge in [0, 0.05) is 12.5 Å². The maximum Gasteiger partial charge on any atom is 0.220 e. The van der Waals surface area contributed by atoms with E-state index in [1.54, 1.807) is 12.1 Å². The topological polar surface area (TPSA) is 41.1 Å². The van der Waals surface area contributed by atoms with Crippen molar-refractivity contribution >= 4 is 18.3 Å². The molecule has 5 heteroatoms. The first kappa shape index (κ1) is 18.9. The van der Waals surface area contributed by atoms with E-state index < -0.39 is 0 Å². The van der Waals surface area contributed by atoms with Crippen LogP contribution in [0.25, 0.3) is 0 Å². The fourth-order valence-corrected chi connectivity index (χ4v) is 2.90. The van der Waals surface area contributed by atoms with Crippen LogP contribution in [0.1, 0.15) is 38.2 Å². The van der Waals surface area contributed by atoms with Crippen LogP contribution in [-0.4, -0.2) is 25.0 Å². The van der Waals surface area contributed by atoms with Crippen molar-refractivity contribution in [3.8, 4) is 0 Å². The molecule has 1 aromatic carbocycles. The second kappa shape index (κ2) is 9.80. The number of benzene rings is 1. The zero-order valence-corrected chi connectivity index (χ0v) is 13.9. The normalized spacial score (nSPS) is 16.6. The number of hydrogen-bond donors (Lipinski definition) is 2. The van der Waals surface area contributed by atoms with Gasteiger partial charge in [-0.2, -0.15) is 0 Å². The van der Waals surface area contributed by atoms with E-state index in [9.17, 15) is 9.18 Å². The second-order valence-electron chi connectivity index (χ2n) is 6.00. The second-order valence-corrected chi connectivity index (χ2v) is 6.00. The number of piperidine rings is 1. The zero-order valence-electron chi connectivity index (χ0n) is 13.1. The lowest BCUT2D eigenvalue weighted by Gasteiger charge is -2.22. The maximum absolute atomic E-state index is 13.6. The summed E-state index contributed by atoms with van der Waals surface area (Å²) in [6, 6.07) is 6.70. The SMILES string of the molecule is CC(Cc1ccccc1F)NC(=O)CCC1CCNCC1.Cl. The molecule has 0 aliphatic carbocycles. The standard InChI is InChI=1S/C17H25FN2O.ClH/c1-13(12-15-4-2-3-5-16(15)18)20-17(21)7-6-14-8-10-19-11-9-14;/h2-5,13-14,19H,6-12H2,1H3,(H,20,21);1H. The van der Waals surface area contributed by atoms with Gasteiger partial charge < -0.3 is 10.6 Å². The van der Waals surface area contributed by atoms with Crippen molar-refractivity contribution in [2.45, 2.75) is 45.1 Å². The minimum Gasteiger partial charge on any atom is -0.353 e. The van der Waals surface area contributed by atoms with E-state index in [4.69, 9.17) is 0 Å². The Morgan fingerprint density at radius 3 is 2.73 bits per heavy atom. The molecule has 0 spiro atoms. The third-order valence-corrected chi connectivity index (χ3v) is 4.13. The highest BCUT2D eigenvalue weighted by Gasteiger charge is 2.15. The van der Waals surface area contributed by atoms with Gasteiger partial charge in [0.2, 0.25) is 5.91 Å². The molecule has 3 nitrogen and oxygen atoms in total. The lowest BCUT2D eigenvalue weighted by atomic mass is 9.93. The Kier molecular flexibility index (Phi) is 8.43. The van der Waals surface area contributed by atoms with E-state index in [0.717, 1.165) is 32.4 Å². The van der Waals surface area contributed by atoms with Crippen LogP contribution in [0.5, 0.6) is 0 Å². The molecule has 1 heterocycles. The van der Waals surface area contributed by atoms with Gasteiger partial charge in [0.15, 0.2) is 0 Å². The Balaban J connectivity index is 0.00000242. The number of halogens is 2. The number of hydrogen-bond acceptors (Lipinski definition) is 2. The molecule has 1 fully saturated rings. The van der Waals surface area contributed by atoms with Gasteiger partial charge in [-0.15, -0.1) is 12.4 Å². The Bertz CT molecular complexity index is 464. The molecule has 0 bridgehead atoms. The van der Waals surface area contributed by atoms with Gasteiger partial charge in [-0.05, 0) is 63.2 Å². The van der Waals surface area contributed by atoms with Crippen LogP contribution in [0.3, 0.4) is 0 Å². The molecule has 0 radical (unpaired) electrons. The van der Waals surface area contributed by atoms with E-state index in [-0.39, 0.29) is 30.2 Å². The summed E-state index contributed by atoms with van der Waals surface area (Å²) >= 11 is 0. The summed E-state index contributed by atoms with van der Waals surface area (Å²) in [7, 11) is 0. The van der Waals surface area contributed by atoms with Crippen LogP contribution in [-0.2, 0) is 11.2 Å². The third kappa shape index (κ3) is 6.32. The fraction of sp³-hybridized carbons (Fsp3) is 0.588. The van der Waals surface area contributed by atoms with Crippen LogP contribution in [0.4, 0.5) is 4.39 Å². The Labute approximate surface area is 138 Å². The van der Waals surface area contributed by atoms with Gasteiger partial charge in [0.1, 0.15) is 5.82 Å². The maximum atomic E-state index is 13.6. The van der Waals surface area contributed by atoms with Gasteiger partial charge in [0.25, 0.3) is 0 Å². The Morgan fingerprint density at radius 1 is 1.36 bits per heavy atom. The molecule has 2 N–H and O–H groups in total. The van der Waals surface area contributed by atoms with Crippen LogP contribution >= 0.6 is 12.4 Å². The molecule has 1 atom stereocenters. The van der Waals surface area contributed by atoms with Crippen LogP contribution in [0, 0.1) is 11.7 Å². The summed E-state index contributed by atoms with van der Waals surface area (Å²) in [4.78, 5) is 12.0. The van der Waals surface area contributed by atoms with Crippen molar-refractivity contribution in [1.82, 2.24) is 10.6 Å². The summed E-state index contributed by atoms with van der Waals surface area (Å²) in [5.41, 5.74) is 0.656. The lowest BCUT2D eigenvalue weighted by Crippen LogP contribution is -2.35. The molecular weight excluding hydrogens is 303 g/mol.